The molecule has 0 radical (unpaired) electrons. The van der Waals surface area contributed by atoms with Crippen molar-refractivity contribution in [2.24, 2.45) is 0 Å². The predicted octanol–water partition coefficient (Wildman–Crippen LogP) is -2.38. The molecule has 0 aromatic heterocycles. The number of rotatable bonds is 0. The predicted molar refractivity (Wildman–Crippen MR) is 29.2 cm³/mol. The molecule has 0 saturated carbocycles. The maximum absolute atomic E-state index is 7.72. The molecule has 10 heteroatoms. The minimum Gasteiger partial charge on any atom is -0.769 e. The van der Waals surface area contributed by atoms with Crippen molar-refractivity contribution in [3.05, 3.63) is 0 Å². The van der Waals surface area contributed by atoms with E-state index in [4.69, 9.17) is 18.6 Å². The fourth-order valence-electron chi connectivity index (χ4n) is 0. The van der Waals surface area contributed by atoms with Gasteiger partial charge in [-0.2, -0.15) is 0 Å². The first kappa shape index (κ1) is 39.4. The number of hydrogen-bond donors (Lipinski definition) is 0. The molecule has 56 valence electrons. The fourth-order valence-corrected chi connectivity index (χ4v) is 0. The summed E-state index contributed by atoms with van der Waals surface area (Å²) < 4.78 is 30.9. The molecule has 0 aliphatic heterocycles. The molecule has 0 spiro atoms. The van der Waals surface area contributed by atoms with Gasteiger partial charge in [0.2, 0.25) is 0 Å². The largest absolute Gasteiger partial charge is 2.00 e. The molecule has 4 nitrogen and oxygen atoms in total. The van der Waals surface area contributed by atoms with Crippen LogP contribution < -0.4 is 18.6 Å². The van der Waals surface area contributed by atoms with Crippen LogP contribution in [-0.4, -0.2) is 23.1 Å². The van der Waals surface area contributed by atoms with Crippen molar-refractivity contribution < 1.29 is 38.1 Å². The second kappa shape index (κ2) is 215. The van der Waals surface area contributed by atoms with Crippen LogP contribution in [0.5, 0.6) is 0 Å². The molecule has 0 aromatic carbocycles. The summed E-state index contributed by atoms with van der Waals surface area (Å²) in [5.74, 6) is 0. The van der Waals surface area contributed by atoms with Gasteiger partial charge in [0.15, 0.2) is 0 Å². The molecule has 0 amide bonds. The zero-order valence-electron chi connectivity index (χ0n) is 4.56. The van der Waals surface area contributed by atoms with Crippen LogP contribution in [0.1, 0.15) is 0 Å². The van der Waals surface area contributed by atoms with Crippen molar-refractivity contribution in [3.63, 3.8) is 0 Å². The van der Waals surface area contributed by atoms with Gasteiger partial charge in [-0.25, -0.2) is 47.5 Å². The van der Waals surface area contributed by atoms with E-state index in [0.717, 1.165) is 0 Å². The van der Waals surface area contributed by atoms with E-state index in [1.807, 2.05) is 0 Å². The zero-order valence-corrected chi connectivity index (χ0v) is 12.0. The van der Waals surface area contributed by atoms with Gasteiger partial charge in [0.25, 0.3) is 0 Å². The molecule has 0 fully saturated rings. The van der Waals surface area contributed by atoms with Gasteiger partial charge in [-0.05, 0) is 0 Å². The Morgan fingerprint density at radius 2 is 0.500 bits per heavy atom. The van der Waals surface area contributed by atoms with Crippen molar-refractivity contribution in [2.45, 2.75) is 0 Å². The van der Waals surface area contributed by atoms with Crippen LogP contribution in [0.2, 0.25) is 0 Å². The quantitative estimate of drug-likeness (QED) is 0.467. The maximum Gasteiger partial charge on any atom is 2.00 e. The maximum atomic E-state index is 7.72. The van der Waals surface area contributed by atoms with Crippen molar-refractivity contribution in [2.75, 3.05) is 0 Å². The fraction of sp³-hybridized carbons (Fsp3) is 0. The first-order valence-electron chi connectivity index (χ1n) is 0.617. The Labute approximate surface area is 108 Å². The van der Waals surface area contributed by atoms with Crippen LogP contribution in [0.25, 0.3) is 0 Å². The summed E-state index contributed by atoms with van der Waals surface area (Å²) in [5, 5.41) is 0. The Morgan fingerprint density at radius 3 is 0.500 bits per heavy atom. The second-order valence-electron chi connectivity index (χ2n) is 0. The monoisotopic (exact) mass is 292 g/mol. The topological polar surface area (TPSA) is 92.2 Å². The Hall–Kier alpha value is 2.39. The van der Waals surface area contributed by atoms with E-state index >= 15 is 0 Å². The van der Waals surface area contributed by atoms with Gasteiger partial charge >= 0.3 is 42.5 Å². The molecule has 0 heterocycles. The molecule has 0 aromatic rings. The molecular weight excluding hydrogens is 296 g/mol. The summed E-state index contributed by atoms with van der Waals surface area (Å²) in [6.45, 7) is 0. The van der Waals surface area contributed by atoms with Crippen molar-refractivity contribution in [1.29, 1.82) is 0 Å². The Balaban J connectivity index is -0.00000000500. The standard InChI is InChI=1S/4ClO.Mg.Zn/c4*1-2;;/q4*-1;2*+2. The molecule has 0 atom stereocenters. The Morgan fingerprint density at radius 1 is 0.500 bits per heavy atom. The van der Waals surface area contributed by atoms with Crippen molar-refractivity contribution >= 4 is 70.5 Å². The number of halogens is 4. The Bertz CT molecular complexity index is 17.2. The molecule has 0 saturated heterocycles. The van der Waals surface area contributed by atoms with E-state index in [0.29, 0.717) is 0 Å². The molecule has 0 aliphatic rings. The van der Waals surface area contributed by atoms with Crippen LogP contribution >= 0.6 is 47.5 Å². The minimum atomic E-state index is 0. The molecule has 0 aliphatic carbocycles. The normalized spacial score (nSPS) is 2.40. The summed E-state index contributed by atoms with van der Waals surface area (Å²) in [6.07, 6.45) is 0. The molecule has 0 bridgehead atoms. The average molecular weight is 296 g/mol. The van der Waals surface area contributed by atoms with E-state index in [1.165, 1.54) is 0 Å². The Kier molecular flexibility index (Phi) is 848. The first-order valence-corrected chi connectivity index (χ1v) is 1.85. The van der Waals surface area contributed by atoms with E-state index in [-0.39, 0.29) is 42.5 Å². The zero-order chi connectivity index (χ0) is 8.00. The molecule has 10 heavy (non-hydrogen) atoms. The minimum absolute atomic E-state index is 0. The summed E-state index contributed by atoms with van der Waals surface area (Å²) in [7, 11) is 0. The van der Waals surface area contributed by atoms with Crippen LogP contribution in [-0.2, 0) is 19.5 Å². The van der Waals surface area contributed by atoms with Gasteiger partial charge in [-0.3, -0.25) is 0 Å². The number of hydrogen-bond acceptors (Lipinski definition) is 4. The second-order valence-corrected chi connectivity index (χ2v) is 0. The van der Waals surface area contributed by atoms with Gasteiger partial charge in [0.1, 0.15) is 0 Å². The van der Waals surface area contributed by atoms with Gasteiger partial charge < -0.3 is 18.6 Å². The van der Waals surface area contributed by atoms with Crippen LogP contribution in [0.4, 0.5) is 0 Å². The third-order valence-electron chi connectivity index (χ3n) is 0. The smallest absolute Gasteiger partial charge is 0.769 e. The first-order chi connectivity index (χ1) is 4.00. The molecular formula is Cl4MgO4Zn. The average Bonchev–Trinajstić information content (AvgIpc) is 2.03. The molecule has 0 N–H and O–H groups in total. The summed E-state index contributed by atoms with van der Waals surface area (Å²) in [5.41, 5.74) is 0. The van der Waals surface area contributed by atoms with Gasteiger partial charge in [0, 0.05) is 0 Å². The van der Waals surface area contributed by atoms with E-state index in [9.17, 15) is 0 Å². The summed E-state index contributed by atoms with van der Waals surface area (Å²) >= 11 is 13.6. The van der Waals surface area contributed by atoms with E-state index in [1.54, 1.807) is 0 Å². The van der Waals surface area contributed by atoms with Gasteiger partial charge in [-0.15, -0.1) is 0 Å². The third kappa shape index (κ3) is 160. The van der Waals surface area contributed by atoms with Crippen LogP contribution in [0.3, 0.4) is 0 Å². The SMILES string of the molecule is [Mg+2].[O-]Cl.[O-]Cl.[O-]Cl.[O-]Cl.[Zn+2]. The van der Waals surface area contributed by atoms with E-state index in [2.05, 4.69) is 47.5 Å². The summed E-state index contributed by atoms with van der Waals surface area (Å²) in [4.78, 5) is 0. The molecule has 0 unspecified atom stereocenters. The van der Waals surface area contributed by atoms with Crippen molar-refractivity contribution in [1.82, 2.24) is 0 Å². The van der Waals surface area contributed by atoms with Crippen LogP contribution in [0, 0.1) is 0 Å². The van der Waals surface area contributed by atoms with Gasteiger partial charge in [-0.1, -0.05) is 0 Å². The molecule has 0 rings (SSSR count). The van der Waals surface area contributed by atoms with Crippen molar-refractivity contribution in [3.8, 4) is 0 Å². The van der Waals surface area contributed by atoms with Crippen LogP contribution in [0.15, 0.2) is 0 Å². The van der Waals surface area contributed by atoms with Gasteiger partial charge in [0.05, 0.1) is 0 Å². The third-order valence-corrected chi connectivity index (χ3v) is 0. The summed E-state index contributed by atoms with van der Waals surface area (Å²) in [6, 6.07) is 0. The van der Waals surface area contributed by atoms with E-state index < -0.39 is 0 Å².